The number of ketones is 1. The smallest absolute Gasteiger partial charge is 0.312 e. The minimum atomic E-state index is -0.640. The lowest BCUT2D eigenvalue weighted by Crippen LogP contribution is -2.66. The zero-order valence-electron chi connectivity index (χ0n) is 27.4. The molecular formula is C38H51NO4. The number of nitrogens with zero attached hydrogens (tertiary/aromatic N) is 1. The number of fused-ring (bicyclic) bond motifs is 7. The fraction of sp³-hybridized carbons (Fsp3) is 0.711. The first-order valence-corrected chi connectivity index (χ1v) is 16.7. The molecule has 232 valence electrons. The molecule has 0 amide bonds. The normalized spacial score (nSPS) is 44.9. The van der Waals surface area contributed by atoms with Gasteiger partial charge in [-0.1, -0.05) is 65.3 Å². The van der Waals surface area contributed by atoms with Crippen molar-refractivity contribution < 1.29 is 19.4 Å². The van der Waals surface area contributed by atoms with E-state index in [1.165, 1.54) is 5.57 Å². The van der Waals surface area contributed by atoms with Crippen molar-refractivity contribution in [2.24, 2.45) is 50.2 Å². The molecule has 0 aliphatic heterocycles. The van der Waals surface area contributed by atoms with E-state index in [0.717, 1.165) is 56.9 Å². The molecular weight excluding hydrogens is 534 g/mol. The zero-order valence-corrected chi connectivity index (χ0v) is 27.4. The van der Waals surface area contributed by atoms with E-state index in [1.54, 1.807) is 6.07 Å². The first-order valence-electron chi connectivity index (χ1n) is 16.7. The van der Waals surface area contributed by atoms with Crippen LogP contribution in [0.1, 0.15) is 117 Å². The topological polar surface area (TPSA) is 87.4 Å². The lowest BCUT2D eigenvalue weighted by Gasteiger charge is -2.70. The fourth-order valence-electron chi connectivity index (χ4n) is 11.4. The van der Waals surface area contributed by atoms with Crippen LogP contribution in [0.3, 0.4) is 0 Å². The van der Waals surface area contributed by atoms with E-state index in [2.05, 4.69) is 60.6 Å². The highest BCUT2D eigenvalue weighted by molar-refractivity contribution is 5.95. The van der Waals surface area contributed by atoms with Gasteiger partial charge in [0.25, 0.3) is 0 Å². The summed E-state index contributed by atoms with van der Waals surface area (Å²) in [7, 11) is 0. The van der Waals surface area contributed by atoms with Crippen LogP contribution < -0.4 is 0 Å². The Morgan fingerprint density at radius 3 is 2.40 bits per heavy atom. The molecule has 1 aromatic carbocycles. The Bertz CT molecular complexity index is 1420. The molecule has 0 aromatic heterocycles. The minimum absolute atomic E-state index is 0.0521. The molecule has 5 aliphatic rings. The Morgan fingerprint density at radius 1 is 0.977 bits per heavy atom. The van der Waals surface area contributed by atoms with E-state index >= 15 is 0 Å². The molecule has 4 saturated carbocycles. The van der Waals surface area contributed by atoms with Gasteiger partial charge in [-0.25, -0.2) is 0 Å². The maximum absolute atomic E-state index is 14.5. The molecule has 0 spiro atoms. The SMILES string of the molecule is CC1(C)[C@@H](O)CC[C@]2(C)[C@H]3C(=O)C=C4[C@@H]5C[C@@](C)(C(=O)OCc6ccccc6C#N)CC[C@]5(C)CC[C@@]4(C)[C@]3(C)CC[C@@H]12. The number of aliphatic hydroxyl groups is 1. The summed E-state index contributed by atoms with van der Waals surface area (Å²) in [5.74, 6) is 0.501. The highest BCUT2D eigenvalue weighted by Crippen LogP contribution is 2.75. The van der Waals surface area contributed by atoms with E-state index in [-0.39, 0.29) is 63.4 Å². The van der Waals surface area contributed by atoms with Gasteiger partial charge in [-0.3, -0.25) is 9.59 Å². The van der Waals surface area contributed by atoms with Crippen LogP contribution in [0.4, 0.5) is 0 Å². The average molecular weight is 586 g/mol. The molecule has 0 saturated heterocycles. The van der Waals surface area contributed by atoms with Gasteiger partial charge in [-0.2, -0.15) is 5.26 Å². The molecule has 0 radical (unpaired) electrons. The molecule has 5 heteroatoms. The van der Waals surface area contributed by atoms with E-state index < -0.39 is 5.41 Å². The van der Waals surface area contributed by atoms with Crippen LogP contribution in [0.25, 0.3) is 0 Å². The quantitative estimate of drug-likeness (QED) is 0.364. The number of nitriles is 1. The monoisotopic (exact) mass is 585 g/mol. The summed E-state index contributed by atoms with van der Waals surface area (Å²) in [6, 6.07) is 9.49. The van der Waals surface area contributed by atoms with Crippen molar-refractivity contribution in [3.8, 4) is 6.07 Å². The Balaban J connectivity index is 1.32. The predicted molar refractivity (Wildman–Crippen MR) is 166 cm³/mol. The second-order valence-corrected chi connectivity index (χ2v) is 17.0. The van der Waals surface area contributed by atoms with E-state index in [0.29, 0.717) is 17.9 Å². The van der Waals surface area contributed by atoms with Crippen LogP contribution in [-0.4, -0.2) is 23.0 Å². The Morgan fingerprint density at radius 2 is 1.67 bits per heavy atom. The van der Waals surface area contributed by atoms with Gasteiger partial charge < -0.3 is 9.84 Å². The third-order valence-corrected chi connectivity index (χ3v) is 14.5. The summed E-state index contributed by atoms with van der Waals surface area (Å²) in [6.45, 7) is 16.2. The standard InChI is InChI=1S/C38H51NO4/c1-33(2)29-12-15-38(7)31(36(29,5)14-13-30(33)41)28(40)20-26-27-21-35(4,17-16-34(27,3)18-19-37(26,38)6)32(42)43-23-25-11-9-8-10-24(25)22-39/h8-11,20,27,29-31,41H,12-19,21,23H2,1-7H3/t27-,29-,30-,31+,34+,35-,36-,37+,38+/m0/s1. The van der Waals surface area contributed by atoms with Crippen molar-refractivity contribution in [2.45, 2.75) is 119 Å². The third kappa shape index (κ3) is 4.18. The first-order chi connectivity index (χ1) is 20.1. The average Bonchev–Trinajstić information content (AvgIpc) is 2.96. The van der Waals surface area contributed by atoms with Gasteiger partial charge in [0.2, 0.25) is 0 Å². The van der Waals surface area contributed by atoms with E-state index in [9.17, 15) is 20.0 Å². The van der Waals surface area contributed by atoms with Gasteiger partial charge in [-0.15, -0.1) is 0 Å². The fourth-order valence-corrected chi connectivity index (χ4v) is 11.4. The minimum Gasteiger partial charge on any atom is -0.460 e. The van der Waals surface area contributed by atoms with Crippen LogP contribution in [0.2, 0.25) is 0 Å². The summed E-state index contributed by atoms with van der Waals surface area (Å²) in [6.07, 6.45) is 10.0. The van der Waals surface area contributed by atoms with Crippen LogP contribution >= 0.6 is 0 Å². The number of hydrogen-bond acceptors (Lipinski definition) is 5. The highest BCUT2D eigenvalue weighted by Gasteiger charge is 2.70. The zero-order chi connectivity index (χ0) is 31.2. The number of rotatable bonds is 3. The number of carbonyl (C=O) groups excluding carboxylic acids is 2. The maximum atomic E-state index is 14.5. The Hall–Kier alpha value is -2.45. The Kier molecular flexibility index (Phi) is 6.95. The number of esters is 1. The van der Waals surface area contributed by atoms with Gasteiger partial charge >= 0.3 is 5.97 Å². The lowest BCUT2D eigenvalue weighted by atomic mass is 9.33. The van der Waals surface area contributed by atoms with Crippen LogP contribution in [0, 0.1) is 61.6 Å². The summed E-state index contributed by atoms with van der Waals surface area (Å²) in [5, 5.41) is 20.5. The van der Waals surface area contributed by atoms with Crippen LogP contribution in [0.15, 0.2) is 35.9 Å². The van der Waals surface area contributed by atoms with Crippen molar-refractivity contribution >= 4 is 11.8 Å². The highest BCUT2D eigenvalue weighted by atomic mass is 16.5. The summed E-state index contributed by atoms with van der Waals surface area (Å²) in [4.78, 5) is 28.3. The number of carbonyl (C=O) groups is 2. The number of allylic oxidation sites excluding steroid dienone is 2. The number of benzene rings is 1. The molecule has 9 atom stereocenters. The predicted octanol–water partition coefficient (Wildman–Crippen LogP) is 7.94. The lowest BCUT2D eigenvalue weighted by molar-refractivity contribution is -0.202. The molecule has 6 rings (SSSR count). The number of hydrogen-bond donors (Lipinski definition) is 1. The summed E-state index contributed by atoms with van der Waals surface area (Å²) < 4.78 is 5.92. The van der Waals surface area contributed by atoms with E-state index in [4.69, 9.17) is 4.74 Å². The molecule has 1 aromatic rings. The van der Waals surface area contributed by atoms with Gasteiger partial charge in [0.05, 0.1) is 23.2 Å². The number of ether oxygens (including phenoxy) is 1. The van der Waals surface area contributed by atoms with Crippen LogP contribution in [-0.2, 0) is 20.9 Å². The number of aliphatic hydroxyl groups excluding tert-OH is 1. The largest absolute Gasteiger partial charge is 0.460 e. The molecule has 5 aliphatic carbocycles. The molecule has 4 fully saturated rings. The van der Waals surface area contributed by atoms with Gasteiger partial charge in [-0.05, 0) is 116 Å². The van der Waals surface area contributed by atoms with Crippen molar-refractivity contribution in [3.63, 3.8) is 0 Å². The molecule has 43 heavy (non-hydrogen) atoms. The van der Waals surface area contributed by atoms with Crippen LogP contribution in [0.5, 0.6) is 0 Å². The second-order valence-electron chi connectivity index (χ2n) is 17.0. The Labute approximate surface area is 258 Å². The molecule has 0 unspecified atom stereocenters. The van der Waals surface area contributed by atoms with Crippen molar-refractivity contribution in [1.29, 1.82) is 5.26 Å². The van der Waals surface area contributed by atoms with Crippen molar-refractivity contribution in [3.05, 3.63) is 47.0 Å². The molecule has 0 bridgehead atoms. The first kappa shape index (κ1) is 30.6. The summed E-state index contributed by atoms with van der Waals surface area (Å²) in [5.41, 5.74) is 1.36. The third-order valence-electron chi connectivity index (χ3n) is 14.5. The van der Waals surface area contributed by atoms with E-state index in [1.807, 2.05) is 18.2 Å². The molecule has 0 heterocycles. The second kappa shape index (κ2) is 9.77. The summed E-state index contributed by atoms with van der Waals surface area (Å²) >= 11 is 0. The van der Waals surface area contributed by atoms with Crippen molar-refractivity contribution in [2.75, 3.05) is 0 Å². The molecule has 1 N–H and O–H groups in total. The molecule has 5 nitrogen and oxygen atoms in total. The van der Waals surface area contributed by atoms with Crippen molar-refractivity contribution in [1.82, 2.24) is 0 Å². The van der Waals surface area contributed by atoms with Gasteiger partial charge in [0.1, 0.15) is 6.61 Å². The van der Waals surface area contributed by atoms with Gasteiger partial charge in [0, 0.05) is 11.5 Å². The van der Waals surface area contributed by atoms with Gasteiger partial charge in [0.15, 0.2) is 5.78 Å². The maximum Gasteiger partial charge on any atom is 0.312 e.